The molecule has 1 aromatic carbocycles. The van der Waals surface area contributed by atoms with Gasteiger partial charge in [-0.25, -0.2) is 14.2 Å². The van der Waals surface area contributed by atoms with Crippen molar-refractivity contribution in [2.75, 3.05) is 0 Å². The molecular weight excluding hydrogens is 301 g/mol. The zero-order valence-corrected chi connectivity index (χ0v) is 13.3. The van der Waals surface area contributed by atoms with Crippen molar-refractivity contribution in [3.63, 3.8) is 0 Å². The summed E-state index contributed by atoms with van der Waals surface area (Å²) in [4.78, 5) is 16.5. The molecule has 0 bridgehead atoms. The molecule has 0 radical (unpaired) electrons. The summed E-state index contributed by atoms with van der Waals surface area (Å²) in [5, 5.41) is 8.73. The first kappa shape index (κ1) is 15.0. The Hall–Kier alpha value is -1.95. The summed E-state index contributed by atoms with van der Waals surface area (Å²) in [5.74, 6) is -0.265. The first-order valence-electron chi connectivity index (χ1n) is 7.30. The average Bonchev–Trinajstić information content (AvgIpc) is 3.06. The van der Waals surface area contributed by atoms with Gasteiger partial charge in [0.2, 0.25) is 0 Å². The molecule has 1 aromatic heterocycles. The Bertz CT molecular complexity index is 700. The number of fused-ring (bicyclic) bond motifs is 1. The quantitative estimate of drug-likeness (QED) is 0.907. The lowest BCUT2D eigenvalue weighted by Crippen LogP contribution is -2.38. The van der Waals surface area contributed by atoms with Crippen molar-refractivity contribution in [2.45, 2.75) is 38.8 Å². The van der Waals surface area contributed by atoms with Crippen LogP contribution in [0.4, 0.5) is 9.18 Å². The number of carbonyl (C=O) groups is 1. The normalized spacial score (nSPS) is 17.9. The van der Waals surface area contributed by atoms with Gasteiger partial charge in [-0.3, -0.25) is 0 Å². The van der Waals surface area contributed by atoms with E-state index >= 15 is 0 Å². The van der Waals surface area contributed by atoms with Gasteiger partial charge in [0.05, 0.1) is 22.8 Å². The molecule has 1 heterocycles. The van der Waals surface area contributed by atoms with Crippen LogP contribution in [-0.4, -0.2) is 11.0 Å². The van der Waals surface area contributed by atoms with E-state index in [2.05, 4.69) is 15.6 Å². The number of nitrogens with zero attached hydrogens (tertiary/aromatic N) is 1. The number of urea groups is 1. The predicted molar refractivity (Wildman–Crippen MR) is 84.4 cm³/mol. The van der Waals surface area contributed by atoms with Crippen molar-refractivity contribution in [1.29, 1.82) is 0 Å². The number of aryl methyl sites for hydroxylation is 2. The Balaban J connectivity index is 1.63. The molecule has 0 aliphatic heterocycles. The monoisotopic (exact) mass is 319 g/mol. The zero-order valence-electron chi connectivity index (χ0n) is 12.5. The number of amides is 2. The van der Waals surface area contributed by atoms with E-state index in [1.54, 1.807) is 17.4 Å². The summed E-state index contributed by atoms with van der Waals surface area (Å²) in [7, 11) is 0. The fraction of sp³-hybridized carbons (Fsp3) is 0.375. The van der Waals surface area contributed by atoms with E-state index in [0.717, 1.165) is 34.7 Å². The summed E-state index contributed by atoms with van der Waals surface area (Å²) < 4.78 is 13.4. The second kappa shape index (κ2) is 6.04. The summed E-state index contributed by atoms with van der Waals surface area (Å²) in [5.41, 5.74) is 2.85. The van der Waals surface area contributed by atoms with E-state index in [4.69, 9.17) is 0 Å². The maximum absolute atomic E-state index is 13.4. The molecule has 0 saturated carbocycles. The van der Waals surface area contributed by atoms with Gasteiger partial charge in [-0.1, -0.05) is 6.07 Å². The molecule has 3 rings (SSSR count). The van der Waals surface area contributed by atoms with Crippen molar-refractivity contribution < 1.29 is 9.18 Å². The third-order valence-electron chi connectivity index (χ3n) is 3.92. The zero-order chi connectivity index (χ0) is 15.7. The molecule has 1 aliphatic rings. The largest absolute Gasteiger partial charge is 0.331 e. The minimum absolute atomic E-state index is 0.130. The first-order chi connectivity index (χ1) is 10.5. The molecule has 4 nitrogen and oxygen atoms in total. The van der Waals surface area contributed by atoms with Gasteiger partial charge in [0.1, 0.15) is 5.82 Å². The standard InChI is InChI=1S/C16H18FN3OS/c1-9(15-8-22-10(2)19-15)18-16(21)20-14-6-4-11-3-5-12(17)7-13(11)14/h3,5,7-9,14H,4,6H2,1-2H3,(H2,18,20,21)/t9-,14+/m0/s1. The smallest absolute Gasteiger partial charge is 0.315 e. The maximum atomic E-state index is 13.4. The predicted octanol–water partition coefficient (Wildman–Crippen LogP) is 3.64. The highest BCUT2D eigenvalue weighted by Gasteiger charge is 2.25. The molecule has 2 N–H and O–H groups in total. The van der Waals surface area contributed by atoms with Crippen molar-refractivity contribution in [1.82, 2.24) is 15.6 Å². The number of carbonyl (C=O) groups excluding carboxylic acids is 1. The molecule has 2 amide bonds. The lowest BCUT2D eigenvalue weighted by molar-refractivity contribution is 0.234. The highest BCUT2D eigenvalue weighted by molar-refractivity contribution is 7.09. The number of hydrogen-bond acceptors (Lipinski definition) is 3. The molecule has 2 atom stereocenters. The van der Waals surface area contributed by atoms with Gasteiger partial charge in [-0.05, 0) is 49.9 Å². The molecule has 116 valence electrons. The van der Waals surface area contributed by atoms with Crippen molar-refractivity contribution >= 4 is 17.4 Å². The van der Waals surface area contributed by atoms with Gasteiger partial charge in [0, 0.05) is 5.38 Å². The average molecular weight is 319 g/mol. The lowest BCUT2D eigenvalue weighted by atomic mass is 10.1. The minimum Gasteiger partial charge on any atom is -0.331 e. The van der Waals surface area contributed by atoms with Crippen LogP contribution >= 0.6 is 11.3 Å². The highest BCUT2D eigenvalue weighted by atomic mass is 32.1. The molecule has 0 saturated heterocycles. The summed E-state index contributed by atoms with van der Waals surface area (Å²) in [6.45, 7) is 3.83. The Morgan fingerprint density at radius 1 is 1.50 bits per heavy atom. The Kier molecular flexibility index (Phi) is 4.11. The number of thiazole rings is 1. The lowest BCUT2D eigenvalue weighted by Gasteiger charge is -2.17. The third-order valence-corrected chi connectivity index (χ3v) is 4.71. The van der Waals surface area contributed by atoms with E-state index in [-0.39, 0.29) is 23.9 Å². The van der Waals surface area contributed by atoms with Crippen molar-refractivity contribution in [2.24, 2.45) is 0 Å². The molecule has 1 aliphatic carbocycles. The molecule has 0 unspecified atom stereocenters. The SMILES string of the molecule is Cc1nc([C@H](C)NC(=O)N[C@@H]2CCc3ccc(F)cc32)cs1. The van der Waals surface area contributed by atoms with Gasteiger partial charge in [0.15, 0.2) is 0 Å². The summed E-state index contributed by atoms with van der Waals surface area (Å²) >= 11 is 1.56. The Morgan fingerprint density at radius 3 is 3.05 bits per heavy atom. The van der Waals surface area contributed by atoms with E-state index < -0.39 is 0 Å². The number of rotatable bonds is 3. The molecule has 22 heavy (non-hydrogen) atoms. The van der Waals surface area contributed by atoms with Crippen LogP contribution in [0.2, 0.25) is 0 Å². The molecule has 6 heteroatoms. The van der Waals surface area contributed by atoms with Crippen LogP contribution in [0.25, 0.3) is 0 Å². The number of benzene rings is 1. The van der Waals surface area contributed by atoms with Crippen molar-refractivity contribution in [3.8, 4) is 0 Å². The van der Waals surface area contributed by atoms with Crippen molar-refractivity contribution in [3.05, 3.63) is 51.2 Å². The molecule has 0 fully saturated rings. The topological polar surface area (TPSA) is 54.0 Å². The van der Waals surface area contributed by atoms with Crippen LogP contribution in [0.15, 0.2) is 23.6 Å². The van der Waals surface area contributed by atoms with Crippen LogP contribution < -0.4 is 10.6 Å². The summed E-state index contributed by atoms with van der Waals surface area (Å²) in [6, 6.07) is 4.24. The van der Waals surface area contributed by atoms with Gasteiger partial charge >= 0.3 is 6.03 Å². The molecule has 2 aromatic rings. The second-order valence-electron chi connectivity index (χ2n) is 5.57. The second-order valence-corrected chi connectivity index (χ2v) is 6.63. The van der Waals surface area contributed by atoms with Gasteiger partial charge < -0.3 is 10.6 Å². The van der Waals surface area contributed by atoms with Crippen LogP contribution in [0.5, 0.6) is 0 Å². The van der Waals surface area contributed by atoms with Gasteiger partial charge in [-0.2, -0.15) is 0 Å². The number of hydrogen-bond donors (Lipinski definition) is 2. The van der Waals surface area contributed by atoms with E-state index in [1.165, 1.54) is 12.1 Å². The number of halogens is 1. The minimum atomic E-state index is -0.265. The van der Waals surface area contributed by atoms with Gasteiger partial charge in [-0.15, -0.1) is 11.3 Å². The highest BCUT2D eigenvalue weighted by Crippen LogP contribution is 2.31. The van der Waals surface area contributed by atoms with E-state index in [9.17, 15) is 9.18 Å². The fourth-order valence-corrected chi connectivity index (χ4v) is 3.48. The van der Waals surface area contributed by atoms with Crippen LogP contribution in [-0.2, 0) is 6.42 Å². The molecule has 0 spiro atoms. The summed E-state index contributed by atoms with van der Waals surface area (Å²) in [6.07, 6.45) is 1.66. The Morgan fingerprint density at radius 2 is 2.32 bits per heavy atom. The molecular formula is C16H18FN3OS. The number of aromatic nitrogens is 1. The fourth-order valence-electron chi connectivity index (χ4n) is 2.77. The van der Waals surface area contributed by atoms with E-state index in [0.29, 0.717) is 0 Å². The van der Waals surface area contributed by atoms with E-state index in [1.807, 2.05) is 19.2 Å². The maximum Gasteiger partial charge on any atom is 0.315 e. The third kappa shape index (κ3) is 3.11. The Labute approximate surface area is 132 Å². The number of nitrogens with one attached hydrogen (secondary N) is 2. The first-order valence-corrected chi connectivity index (χ1v) is 8.18. The van der Waals surface area contributed by atoms with Crippen LogP contribution in [0.3, 0.4) is 0 Å². The van der Waals surface area contributed by atoms with Crippen LogP contribution in [0, 0.1) is 12.7 Å². The van der Waals surface area contributed by atoms with Crippen LogP contribution in [0.1, 0.15) is 47.3 Å². The van der Waals surface area contributed by atoms with Gasteiger partial charge in [0.25, 0.3) is 0 Å².